The summed E-state index contributed by atoms with van der Waals surface area (Å²) >= 11 is 0. The van der Waals surface area contributed by atoms with Crippen molar-refractivity contribution < 1.29 is 0 Å². The van der Waals surface area contributed by atoms with Gasteiger partial charge in [0.2, 0.25) is 0 Å². The molecule has 4 heteroatoms. The zero-order valence-corrected chi connectivity index (χ0v) is 11.1. The average Bonchev–Trinajstić information content (AvgIpc) is 2.42. The molecule has 0 atom stereocenters. The summed E-state index contributed by atoms with van der Waals surface area (Å²) in [5.41, 5.74) is 3.23. The Morgan fingerprint density at radius 1 is 1.11 bits per heavy atom. The molecule has 0 fully saturated rings. The molecule has 0 bridgehead atoms. The third-order valence-corrected chi connectivity index (χ3v) is 2.86. The number of nitrogens with zero attached hydrogens (tertiary/aromatic N) is 3. The van der Waals surface area contributed by atoms with Gasteiger partial charge in [0.05, 0.1) is 0 Å². The highest BCUT2D eigenvalue weighted by atomic mass is 15.0. The van der Waals surface area contributed by atoms with E-state index >= 15 is 0 Å². The predicted octanol–water partition coefficient (Wildman–Crippen LogP) is 2.84. The monoisotopic (exact) mass is 242 g/mol. The Morgan fingerprint density at radius 2 is 1.83 bits per heavy atom. The van der Waals surface area contributed by atoms with Crippen LogP contribution in [-0.2, 0) is 6.42 Å². The van der Waals surface area contributed by atoms with Crippen molar-refractivity contribution in [2.75, 3.05) is 11.9 Å². The quantitative estimate of drug-likeness (QED) is 0.895. The highest BCUT2D eigenvalue weighted by Crippen LogP contribution is 2.21. The second-order valence-corrected chi connectivity index (χ2v) is 4.09. The van der Waals surface area contributed by atoms with E-state index in [-0.39, 0.29) is 0 Å². The number of hydrogen-bond acceptors (Lipinski definition) is 4. The van der Waals surface area contributed by atoms with E-state index in [1.807, 2.05) is 12.1 Å². The molecule has 0 radical (unpaired) electrons. The van der Waals surface area contributed by atoms with Crippen LogP contribution in [0, 0.1) is 6.92 Å². The van der Waals surface area contributed by atoms with Crippen LogP contribution in [0.1, 0.15) is 25.1 Å². The molecule has 0 unspecified atom stereocenters. The molecule has 2 aromatic rings. The van der Waals surface area contributed by atoms with Crippen molar-refractivity contribution in [1.82, 2.24) is 15.0 Å². The smallest absolute Gasteiger partial charge is 0.161 e. The molecular formula is C14H18N4. The van der Waals surface area contributed by atoms with Crippen LogP contribution in [-0.4, -0.2) is 21.5 Å². The zero-order valence-electron chi connectivity index (χ0n) is 11.1. The van der Waals surface area contributed by atoms with E-state index in [1.165, 1.54) is 0 Å². The van der Waals surface area contributed by atoms with E-state index in [4.69, 9.17) is 0 Å². The summed E-state index contributed by atoms with van der Waals surface area (Å²) in [4.78, 5) is 13.2. The molecule has 0 amide bonds. The van der Waals surface area contributed by atoms with Crippen molar-refractivity contribution in [3.63, 3.8) is 0 Å². The predicted molar refractivity (Wildman–Crippen MR) is 73.5 cm³/mol. The summed E-state index contributed by atoms with van der Waals surface area (Å²) in [5, 5.41) is 3.29. The van der Waals surface area contributed by atoms with Crippen LogP contribution in [0.2, 0.25) is 0 Å². The molecule has 1 N–H and O–H groups in total. The first-order valence-corrected chi connectivity index (χ1v) is 6.28. The van der Waals surface area contributed by atoms with Gasteiger partial charge in [-0.2, -0.15) is 0 Å². The molecule has 0 aromatic carbocycles. The van der Waals surface area contributed by atoms with Crippen LogP contribution in [0.3, 0.4) is 0 Å². The Kier molecular flexibility index (Phi) is 3.87. The van der Waals surface area contributed by atoms with E-state index in [1.54, 1.807) is 12.4 Å². The van der Waals surface area contributed by atoms with Crippen molar-refractivity contribution >= 4 is 5.82 Å². The molecule has 94 valence electrons. The van der Waals surface area contributed by atoms with Crippen molar-refractivity contribution in [3.8, 4) is 11.4 Å². The molecule has 0 aliphatic heterocycles. The lowest BCUT2D eigenvalue weighted by molar-refractivity contribution is 0.970. The number of rotatable bonds is 4. The highest BCUT2D eigenvalue weighted by molar-refractivity contribution is 5.59. The number of nitrogens with one attached hydrogen (secondary N) is 1. The minimum atomic E-state index is 0.760. The number of aryl methyl sites for hydroxylation is 1. The summed E-state index contributed by atoms with van der Waals surface area (Å²) in [5.74, 6) is 1.69. The second kappa shape index (κ2) is 5.58. The first kappa shape index (κ1) is 12.5. The largest absolute Gasteiger partial charge is 0.370 e. The van der Waals surface area contributed by atoms with Gasteiger partial charge in [0.1, 0.15) is 5.82 Å². The molecule has 0 spiro atoms. The molecule has 0 saturated heterocycles. The number of pyridine rings is 1. The van der Waals surface area contributed by atoms with Crippen LogP contribution in [0.25, 0.3) is 11.4 Å². The number of aromatic nitrogens is 3. The molecule has 2 rings (SSSR count). The fourth-order valence-corrected chi connectivity index (χ4v) is 1.88. The number of hydrogen-bond donors (Lipinski definition) is 1. The molecule has 2 aromatic heterocycles. The Hall–Kier alpha value is -1.97. The van der Waals surface area contributed by atoms with Crippen LogP contribution in [0.5, 0.6) is 0 Å². The maximum atomic E-state index is 4.63. The molecule has 4 nitrogen and oxygen atoms in total. The molecule has 0 saturated carbocycles. The van der Waals surface area contributed by atoms with E-state index in [2.05, 4.69) is 41.0 Å². The summed E-state index contributed by atoms with van der Waals surface area (Å²) < 4.78 is 0. The zero-order chi connectivity index (χ0) is 13.0. The molecule has 0 aliphatic carbocycles. The summed E-state index contributed by atoms with van der Waals surface area (Å²) in [6.45, 7) is 7.10. The van der Waals surface area contributed by atoms with Gasteiger partial charge in [-0.15, -0.1) is 0 Å². The molecular weight excluding hydrogens is 224 g/mol. The van der Waals surface area contributed by atoms with Gasteiger partial charge in [-0.3, -0.25) is 4.98 Å². The number of anilines is 1. The van der Waals surface area contributed by atoms with E-state index < -0.39 is 0 Å². The lowest BCUT2D eigenvalue weighted by Gasteiger charge is -2.12. The highest BCUT2D eigenvalue weighted by Gasteiger charge is 2.10. The normalized spacial score (nSPS) is 10.4. The van der Waals surface area contributed by atoms with E-state index in [9.17, 15) is 0 Å². The lowest BCUT2D eigenvalue weighted by atomic mass is 10.1. The van der Waals surface area contributed by atoms with Crippen molar-refractivity contribution in [1.29, 1.82) is 0 Å². The van der Waals surface area contributed by atoms with Gasteiger partial charge in [0.15, 0.2) is 5.82 Å². The average molecular weight is 242 g/mol. The Bertz CT molecular complexity index is 523. The van der Waals surface area contributed by atoms with Crippen LogP contribution >= 0.6 is 0 Å². The SMILES string of the molecule is CCNc1nc(-c2ccncc2)nc(CC)c1C. The third-order valence-electron chi connectivity index (χ3n) is 2.86. The third kappa shape index (κ3) is 2.47. The van der Waals surface area contributed by atoms with Crippen molar-refractivity contribution in [2.45, 2.75) is 27.2 Å². The maximum absolute atomic E-state index is 4.63. The lowest BCUT2D eigenvalue weighted by Crippen LogP contribution is -2.07. The molecule has 2 heterocycles. The fourth-order valence-electron chi connectivity index (χ4n) is 1.88. The van der Waals surface area contributed by atoms with Gasteiger partial charge in [-0.1, -0.05) is 6.92 Å². The van der Waals surface area contributed by atoms with Crippen LogP contribution in [0.15, 0.2) is 24.5 Å². The Morgan fingerprint density at radius 3 is 2.44 bits per heavy atom. The second-order valence-electron chi connectivity index (χ2n) is 4.09. The summed E-state index contributed by atoms with van der Waals surface area (Å²) in [6, 6.07) is 3.86. The first-order valence-electron chi connectivity index (χ1n) is 6.28. The summed E-state index contributed by atoms with van der Waals surface area (Å²) in [6.07, 6.45) is 4.43. The van der Waals surface area contributed by atoms with Gasteiger partial charge < -0.3 is 5.32 Å². The van der Waals surface area contributed by atoms with Gasteiger partial charge >= 0.3 is 0 Å². The topological polar surface area (TPSA) is 50.7 Å². The molecule has 18 heavy (non-hydrogen) atoms. The minimum absolute atomic E-state index is 0.760. The summed E-state index contributed by atoms with van der Waals surface area (Å²) in [7, 11) is 0. The van der Waals surface area contributed by atoms with Crippen molar-refractivity contribution in [3.05, 3.63) is 35.8 Å². The van der Waals surface area contributed by atoms with Gasteiger partial charge in [-0.25, -0.2) is 9.97 Å². The Labute approximate surface area is 108 Å². The minimum Gasteiger partial charge on any atom is -0.370 e. The Balaban J connectivity index is 2.52. The van der Waals surface area contributed by atoms with Crippen LogP contribution in [0.4, 0.5) is 5.82 Å². The van der Waals surface area contributed by atoms with E-state index in [0.717, 1.165) is 41.4 Å². The maximum Gasteiger partial charge on any atom is 0.161 e. The van der Waals surface area contributed by atoms with Crippen LogP contribution < -0.4 is 5.32 Å². The fraction of sp³-hybridized carbons (Fsp3) is 0.357. The van der Waals surface area contributed by atoms with Crippen molar-refractivity contribution in [2.24, 2.45) is 0 Å². The molecule has 0 aliphatic rings. The standard InChI is InChI=1S/C14H18N4/c1-4-12-10(3)13(16-5-2)18-14(17-12)11-6-8-15-9-7-11/h6-9H,4-5H2,1-3H3,(H,16,17,18). The first-order chi connectivity index (χ1) is 8.76. The van der Waals surface area contributed by atoms with Gasteiger partial charge in [0.25, 0.3) is 0 Å². The van der Waals surface area contributed by atoms with Gasteiger partial charge in [0, 0.05) is 35.8 Å². The van der Waals surface area contributed by atoms with E-state index in [0.29, 0.717) is 0 Å². The van der Waals surface area contributed by atoms with Gasteiger partial charge in [-0.05, 0) is 32.4 Å².